The topological polar surface area (TPSA) is 48.0 Å². The van der Waals surface area contributed by atoms with Crippen LogP contribution in [0.2, 0.25) is 0 Å². The van der Waals surface area contributed by atoms with E-state index in [-0.39, 0.29) is 18.2 Å². The van der Waals surface area contributed by atoms with Gasteiger partial charge in [-0.1, -0.05) is 42.5 Å². The first-order valence-electron chi connectivity index (χ1n) is 9.88. The fraction of sp³-hybridized carbons (Fsp3) is 0.348. The van der Waals surface area contributed by atoms with Gasteiger partial charge >= 0.3 is 6.09 Å². The number of benzene rings is 2. The molecule has 3 heterocycles. The van der Waals surface area contributed by atoms with Gasteiger partial charge in [0.1, 0.15) is 19.8 Å². The highest BCUT2D eigenvalue weighted by atomic mass is 16.6. The summed E-state index contributed by atoms with van der Waals surface area (Å²) in [6.07, 6.45) is 4.85. The van der Waals surface area contributed by atoms with Crippen LogP contribution in [0.5, 0.6) is 11.5 Å². The van der Waals surface area contributed by atoms with E-state index in [4.69, 9.17) is 14.2 Å². The molecule has 0 radical (unpaired) electrons. The Balaban J connectivity index is 1.31. The summed E-state index contributed by atoms with van der Waals surface area (Å²) in [5.41, 5.74) is 3.43. The molecule has 2 bridgehead atoms. The molecule has 1 fully saturated rings. The maximum Gasteiger partial charge on any atom is 0.410 e. The lowest BCUT2D eigenvalue weighted by molar-refractivity contribution is 0.0832. The molecule has 28 heavy (non-hydrogen) atoms. The SMILES string of the molecule is O=C(OCc1ccccc1)N1C2C=C(c3ccc4c(c3)OCCO4)CC1CC2. The van der Waals surface area contributed by atoms with Crippen LogP contribution in [0.3, 0.4) is 0 Å². The van der Waals surface area contributed by atoms with Gasteiger partial charge in [0.05, 0.1) is 6.04 Å². The van der Waals surface area contributed by atoms with Crippen molar-refractivity contribution in [2.24, 2.45) is 0 Å². The Bertz CT molecular complexity index is 908. The number of carbonyl (C=O) groups is 1. The van der Waals surface area contributed by atoms with Gasteiger partial charge < -0.3 is 14.2 Å². The monoisotopic (exact) mass is 377 g/mol. The molecule has 2 aromatic carbocycles. The summed E-state index contributed by atoms with van der Waals surface area (Å²) in [5, 5.41) is 0. The predicted octanol–water partition coefficient (Wildman–Crippen LogP) is 4.41. The number of amides is 1. The first kappa shape index (κ1) is 17.2. The fourth-order valence-electron chi connectivity index (χ4n) is 4.37. The molecule has 1 saturated heterocycles. The number of nitrogens with zero attached hydrogens (tertiary/aromatic N) is 1. The van der Waals surface area contributed by atoms with Gasteiger partial charge in [0.15, 0.2) is 11.5 Å². The second-order valence-electron chi connectivity index (χ2n) is 7.50. The van der Waals surface area contributed by atoms with Crippen LogP contribution >= 0.6 is 0 Å². The van der Waals surface area contributed by atoms with E-state index in [0.717, 1.165) is 41.9 Å². The first-order chi connectivity index (χ1) is 13.8. The summed E-state index contributed by atoms with van der Waals surface area (Å²) >= 11 is 0. The van der Waals surface area contributed by atoms with Gasteiger partial charge in [-0.2, -0.15) is 0 Å². The Kier molecular flexibility index (Phi) is 4.43. The zero-order valence-electron chi connectivity index (χ0n) is 15.7. The van der Waals surface area contributed by atoms with E-state index >= 15 is 0 Å². The van der Waals surface area contributed by atoms with Crippen LogP contribution in [0, 0.1) is 0 Å². The second-order valence-corrected chi connectivity index (χ2v) is 7.50. The summed E-state index contributed by atoms with van der Waals surface area (Å²) in [6, 6.07) is 16.2. The van der Waals surface area contributed by atoms with Crippen LogP contribution in [0.1, 0.15) is 30.4 Å². The second kappa shape index (κ2) is 7.23. The molecule has 0 aromatic heterocycles. The lowest BCUT2D eigenvalue weighted by Crippen LogP contribution is -2.43. The third-order valence-electron chi connectivity index (χ3n) is 5.72. The van der Waals surface area contributed by atoms with Crippen LogP contribution in [0.4, 0.5) is 4.79 Å². The van der Waals surface area contributed by atoms with Crippen molar-refractivity contribution < 1.29 is 19.0 Å². The molecule has 2 aromatic rings. The average molecular weight is 377 g/mol. The molecular weight excluding hydrogens is 354 g/mol. The first-order valence-corrected chi connectivity index (χ1v) is 9.88. The molecule has 0 spiro atoms. The fourth-order valence-corrected chi connectivity index (χ4v) is 4.37. The quantitative estimate of drug-likeness (QED) is 0.795. The van der Waals surface area contributed by atoms with Gasteiger partial charge in [-0.15, -0.1) is 0 Å². The molecule has 2 atom stereocenters. The maximum atomic E-state index is 12.7. The zero-order chi connectivity index (χ0) is 18.9. The van der Waals surface area contributed by atoms with E-state index < -0.39 is 0 Å². The van der Waals surface area contributed by atoms with Crippen molar-refractivity contribution in [1.82, 2.24) is 4.90 Å². The third-order valence-corrected chi connectivity index (χ3v) is 5.72. The van der Waals surface area contributed by atoms with Crippen molar-refractivity contribution in [2.75, 3.05) is 13.2 Å². The van der Waals surface area contributed by atoms with E-state index in [1.165, 1.54) is 5.57 Å². The zero-order valence-corrected chi connectivity index (χ0v) is 15.7. The van der Waals surface area contributed by atoms with Gasteiger partial charge in [-0.25, -0.2) is 4.79 Å². The Morgan fingerprint density at radius 1 is 1.04 bits per heavy atom. The minimum Gasteiger partial charge on any atom is -0.486 e. The summed E-state index contributed by atoms with van der Waals surface area (Å²) in [6.45, 7) is 1.50. The minimum absolute atomic E-state index is 0.102. The Labute approximate surface area is 164 Å². The van der Waals surface area contributed by atoms with Crippen molar-refractivity contribution in [3.05, 3.63) is 65.7 Å². The lowest BCUT2D eigenvalue weighted by Gasteiger charge is -2.33. The van der Waals surface area contributed by atoms with Gasteiger partial charge in [-0.3, -0.25) is 4.90 Å². The molecule has 5 rings (SSSR count). The Morgan fingerprint density at radius 3 is 2.68 bits per heavy atom. The smallest absolute Gasteiger partial charge is 0.410 e. The van der Waals surface area contributed by atoms with Crippen LogP contribution in [0.25, 0.3) is 5.57 Å². The molecule has 2 unspecified atom stereocenters. The van der Waals surface area contributed by atoms with E-state index in [0.29, 0.717) is 19.8 Å². The van der Waals surface area contributed by atoms with Crippen molar-refractivity contribution in [1.29, 1.82) is 0 Å². The van der Waals surface area contributed by atoms with E-state index in [9.17, 15) is 4.79 Å². The third kappa shape index (κ3) is 3.21. The van der Waals surface area contributed by atoms with Crippen molar-refractivity contribution in [3.63, 3.8) is 0 Å². The Hall–Kier alpha value is -2.95. The van der Waals surface area contributed by atoms with Gasteiger partial charge in [0.25, 0.3) is 0 Å². The highest BCUT2D eigenvalue weighted by Crippen LogP contribution is 2.41. The summed E-state index contributed by atoms with van der Waals surface area (Å²) in [4.78, 5) is 14.6. The van der Waals surface area contributed by atoms with Crippen molar-refractivity contribution >= 4 is 11.7 Å². The van der Waals surface area contributed by atoms with E-state index in [1.807, 2.05) is 41.3 Å². The van der Waals surface area contributed by atoms with Crippen LogP contribution < -0.4 is 9.47 Å². The summed E-state index contributed by atoms with van der Waals surface area (Å²) in [7, 11) is 0. The average Bonchev–Trinajstić information content (AvgIpc) is 3.02. The predicted molar refractivity (Wildman–Crippen MR) is 105 cm³/mol. The van der Waals surface area contributed by atoms with Crippen molar-refractivity contribution in [2.45, 2.75) is 38.0 Å². The highest BCUT2D eigenvalue weighted by Gasteiger charge is 2.40. The van der Waals surface area contributed by atoms with Gasteiger partial charge in [0, 0.05) is 6.04 Å². The van der Waals surface area contributed by atoms with E-state index in [2.05, 4.69) is 18.2 Å². The molecule has 0 N–H and O–H groups in total. The number of rotatable bonds is 3. The lowest BCUT2D eigenvalue weighted by atomic mass is 9.94. The molecule has 144 valence electrons. The molecular formula is C23H23NO4. The van der Waals surface area contributed by atoms with Gasteiger partial charge in [-0.05, 0) is 48.1 Å². The minimum atomic E-state index is -0.214. The molecule has 0 saturated carbocycles. The molecule has 0 aliphatic carbocycles. The summed E-state index contributed by atoms with van der Waals surface area (Å²) in [5.74, 6) is 1.61. The number of hydrogen-bond acceptors (Lipinski definition) is 4. The van der Waals surface area contributed by atoms with Crippen LogP contribution in [-0.2, 0) is 11.3 Å². The standard InChI is InChI=1S/C23H23NO4/c25-23(28-15-16-4-2-1-3-5-16)24-19-7-8-20(24)13-18(12-19)17-6-9-21-22(14-17)27-11-10-26-21/h1-6,9,12,14,19-20H,7-8,10-11,13,15H2. The molecule has 5 nitrogen and oxygen atoms in total. The molecule has 5 heteroatoms. The van der Waals surface area contributed by atoms with Crippen LogP contribution in [-0.4, -0.2) is 36.3 Å². The Morgan fingerprint density at radius 2 is 1.86 bits per heavy atom. The normalized spacial score (nSPS) is 22.6. The number of fused-ring (bicyclic) bond motifs is 3. The highest BCUT2D eigenvalue weighted by molar-refractivity contribution is 5.75. The van der Waals surface area contributed by atoms with Crippen LogP contribution in [0.15, 0.2) is 54.6 Å². The largest absolute Gasteiger partial charge is 0.486 e. The summed E-state index contributed by atoms with van der Waals surface area (Å²) < 4.78 is 16.9. The number of hydrogen-bond donors (Lipinski definition) is 0. The number of ether oxygens (including phenoxy) is 3. The molecule has 1 amide bonds. The molecule has 3 aliphatic rings. The number of carbonyl (C=O) groups excluding carboxylic acids is 1. The molecule has 3 aliphatic heterocycles. The van der Waals surface area contributed by atoms with Gasteiger partial charge in [0.2, 0.25) is 0 Å². The van der Waals surface area contributed by atoms with E-state index in [1.54, 1.807) is 0 Å². The maximum absolute atomic E-state index is 12.7. The van der Waals surface area contributed by atoms with Crippen molar-refractivity contribution in [3.8, 4) is 11.5 Å².